The Morgan fingerprint density at radius 2 is 2.20 bits per heavy atom. The van der Waals surface area contributed by atoms with Gasteiger partial charge in [-0.15, -0.1) is 10.2 Å². The molecule has 0 bridgehead atoms. The van der Waals surface area contributed by atoms with Crippen molar-refractivity contribution in [2.45, 2.75) is 26.3 Å². The van der Waals surface area contributed by atoms with Crippen LogP contribution in [0.15, 0.2) is 18.5 Å². The van der Waals surface area contributed by atoms with E-state index >= 15 is 0 Å². The van der Waals surface area contributed by atoms with Crippen molar-refractivity contribution in [2.24, 2.45) is 7.05 Å². The van der Waals surface area contributed by atoms with E-state index in [0.29, 0.717) is 23.1 Å². The van der Waals surface area contributed by atoms with Gasteiger partial charge in [0.2, 0.25) is 0 Å². The van der Waals surface area contributed by atoms with Gasteiger partial charge in [0.25, 0.3) is 5.91 Å². The lowest BCUT2D eigenvalue weighted by molar-refractivity contribution is 0.0949. The number of hydrogen-bond acceptors (Lipinski definition) is 4. The third-order valence-electron chi connectivity index (χ3n) is 2.88. The number of nitrogens with zero attached hydrogens (tertiary/aromatic N) is 4. The Morgan fingerprint density at radius 3 is 2.80 bits per heavy atom. The van der Waals surface area contributed by atoms with Crippen LogP contribution < -0.4 is 5.32 Å². The van der Waals surface area contributed by atoms with E-state index in [1.165, 1.54) is 0 Å². The second-order valence-corrected chi connectivity index (χ2v) is 5.19. The molecule has 2 rings (SSSR count). The first-order valence-corrected chi connectivity index (χ1v) is 6.63. The number of aromatic nitrogens is 4. The maximum atomic E-state index is 12.1. The van der Waals surface area contributed by atoms with Crippen LogP contribution in [0.25, 0.3) is 0 Å². The molecule has 0 fully saturated rings. The van der Waals surface area contributed by atoms with Crippen LogP contribution in [-0.4, -0.2) is 25.7 Å². The van der Waals surface area contributed by atoms with E-state index in [9.17, 15) is 4.79 Å². The molecule has 6 nitrogen and oxygen atoms in total. The second-order valence-electron chi connectivity index (χ2n) is 4.80. The minimum atomic E-state index is -0.209. The Kier molecular flexibility index (Phi) is 4.34. The Balaban J connectivity index is 2.11. The lowest BCUT2D eigenvalue weighted by Gasteiger charge is -2.09. The molecule has 0 unspecified atom stereocenters. The summed E-state index contributed by atoms with van der Waals surface area (Å²) in [6.45, 7) is 4.31. The van der Waals surface area contributed by atoms with Crippen molar-refractivity contribution in [2.75, 3.05) is 0 Å². The molecule has 0 spiro atoms. The molecule has 2 aromatic rings. The minimum absolute atomic E-state index is 0.207. The van der Waals surface area contributed by atoms with Crippen LogP contribution in [0.1, 0.15) is 41.6 Å². The van der Waals surface area contributed by atoms with E-state index in [-0.39, 0.29) is 11.8 Å². The van der Waals surface area contributed by atoms with Crippen molar-refractivity contribution in [1.82, 2.24) is 25.1 Å². The summed E-state index contributed by atoms with van der Waals surface area (Å²) in [5, 5.41) is 10.8. The van der Waals surface area contributed by atoms with Gasteiger partial charge in [0.05, 0.1) is 6.54 Å². The van der Waals surface area contributed by atoms with Crippen LogP contribution in [-0.2, 0) is 13.6 Å². The summed E-state index contributed by atoms with van der Waals surface area (Å²) < 4.78 is 1.75. The maximum absolute atomic E-state index is 12.1. The van der Waals surface area contributed by atoms with Gasteiger partial charge in [-0.3, -0.25) is 4.79 Å². The molecule has 0 saturated heterocycles. The van der Waals surface area contributed by atoms with E-state index in [4.69, 9.17) is 11.6 Å². The highest BCUT2D eigenvalue weighted by Gasteiger charge is 2.12. The van der Waals surface area contributed by atoms with E-state index in [1.807, 2.05) is 20.9 Å². The molecular formula is C13H16ClN5O. The predicted octanol–water partition coefficient (Wildman–Crippen LogP) is 1.92. The summed E-state index contributed by atoms with van der Waals surface area (Å²) in [6, 6.07) is 3.31. The van der Waals surface area contributed by atoms with Crippen LogP contribution in [0.4, 0.5) is 0 Å². The van der Waals surface area contributed by atoms with Crippen molar-refractivity contribution >= 4 is 17.5 Å². The number of carbonyl (C=O) groups is 1. The van der Waals surface area contributed by atoms with E-state index in [2.05, 4.69) is 20.5 Å². The van der Waals surface area contributed by atoms with Crippen LogP contribution in [0, 0.1) is 0 Å². The zero-order valence-corrected chi connectivity index (χ0v) is 12.3. The predicted molar refractivity (Wildman–Crippen MR) is 75.5 cm³/mol. The number of carbonyl (C=O) groups excluding carboxylic acids is 1. The third kappa shape index (κ3) is 3.33. The molecule has 0 aromatic carbocycles. The smallest absolute Gasteiger partial charge is 0.251 e. The van der Waals surface area contributed by atoms with Gasteiger partial charge in [0.15, 0.2) is 5.82 Å². The number of pyridine rings is 1. The van der Waals surface area contributed by atoms with Crippen molar-refractivity contribution in [3.8, 4) is 0 Å². The number of aryl methyl sites for hydroxylation is 1. The molecule has 1 N–H and O–H groups in total. The molecule has 0 atom stereocenters. The fourth-order valence-corrected chi connectivity index (χ4v) is 1.89. The highest BCUT2D eigenvalue weighted by molar-refractivity contribution is 6.29. The normalized spacial score (nSPS) is 10.8. The molecular weight excluding hydrogens is 278 g/mol. The van der Waals surface area contributed by atoms with Gasteiger partial charge in [0, 0.05) is 18.3 Å². The van der Waals surface area contributed by atoms with Gasteiger partial charge in [-0.1, -0.05) is 25.4 Å². The topological polar surface area (TPSA) is 72.7 Å². The number of hydrogen-bond donors (Lipinski definition) is 1. The first-order chi connectivity index (χ1) is 9.47. The van der Waals surface area contributed by atoms with Crippen LogP contribution in [0.5, 0.6) is 0 Å². The zero-order chi connectivity index (χ0) is 14.7. The number of nitrogens with one attached hydrogen (secondary N) is 1. The number of halogens is 1. The summed E-state index contributed by atoms with van der Waals surface area (Å²) in [7, 11) is 1.82. The van der Waals surface area contributed by atoms with E-state index < -0.39 is 0 Å². The molecule has 0 radical (unpaired) electrons. The standard InChI is InChI=1S/C13H16ClN5O/c1-8(2)10-4-9(5-11(14)17-10)13(20)15-6-12-18-16-7-19(12)3/h4-5,7-8H,6H2,1-3H3,(H,15,20). The Bertz CT molecular complexity index is 623. The van der Waals surface area contributed by atoms with Crippen molar-refractivity contribution < 1.29 is 4.79 Å². The van der Waals surface area contributed by atoms with E-state index in [0.717, 1.165) is 5.69 Å². The molecule has 0 aliphatic rings. The lowest BCUT2D eigenvalue weighted by Crippen LogP contribution is -2.24. The van der Waals surface area contributed by atoms with Gasteiger partial charge in [-0.25, -0.2) is 4.98 Å². The summed E-state index contributed by atoms with van der Waals surface area (Å²) in [6.07, 6.45) is 1.58. The molecule has 106 valence electrons. The van der Waals surface area contributed by atoms with Gasteiger partial charge < -0.3 is 9.88 Å². The van der Waals surface area contributed by atoms with Crippen molar-refractivity contribution in [3.63, 3.8) is 0 Å². The van der Waals surface area contributed by atoms with Crippen LogP contribution in [0.2, 0.25) is 5.15 Å². The summed E-state index contributed by atoms with van der Waals surface area (Å²) in [5.41, 5.74) is 1.29. The molecule has 0 aliphatic heterocycles. The Morgan fingerprint density at radius 1 is 1.45 bits per heavy atom. The number of amides is 1. The van der Waals surface area contributed by atoms with Gasteiger partial charge >= 0.3 is 0 Å². The molecule has 2 heterocycles. The van der Waals surface area contributed by atoms with Crippen molar-refractivity contribution in [3.05, 3.63) is 40.7 Å². The largest absolute Gasteiger partial charge is 0.345 e. The summed E-state index contributed by atoms with van der Waals surface area (Å²) in [5.74, 6) is 0.681. The van der Waals surface area contributed by atoms with Crippen LogP contribution >= 0.6 is 11.6 Å². The quantitative estimate of drug-likeness (QED) is 0.874. The SMILES string of the molecule is CC(C)c1cc(C(=O)NCc2nncn2C)cc(Cl)n1. The first-order valence-electron chi connectivity index (χ1n) is 6.26. The average molecular weight is 294 g/mol. The average Bonchev–Trinajstić information content (AvgIpc) is 2.80. The molecule has 0 aliphatic carbocycles. The van der Waals surface area contributed by atoms with Crippen LogP contribution in [0.3, 0.4) is 0 Å². The fraction of sp³-hybridized carbons (Fsp3) is 0.385. The second kappa shape index (κ2) is 6.00. The fourth-order valence-electron chi connectivity index (χ4n) is 1.67. The highest BCUT2D eigenvalue weighted by Crippen LogP contribution is 2.17. The Hall–Kier alpha value is -1.95. The first kappa shape index (κ1) is 14.5. The minimum Gasteiger partial charge on any atom is -0.345 e. The van der Waals surface area contributed by atoms with Gasteiger partial charge in [-0.2, -0.15) is 0 Å². The van der Waals surface area contributed by atoms with Crippen molar-refractivity contribution in [1.29, 1.82) is 0 Å². The molecule has 2 aromatic heterocycles. The molecule has 1 amide bonds. The van der Waals surface area contributed by atoms with E-state index in [1.54, 1.807) is 23.0 Å². The number of rotatable bonds is 4. The summed E-state index contributed by atoms with van der Waals surface area (Å²) >= 11 is 5.95. The summed E-state index contributed by atoms with van der Waals surface area (Å²) in [4.78, 5) is 16.3. The third-order valence-corrected chi connectivity index (χ3v) is 3.07. The zero-order valence-electron chi connectivity index (χ0n) is 11.6. The monoisotopic (exact) mass is 293 g/mol. The lowest BCUT2D eigenvalue weighted by atomic mass is 10.1. The molecule has 7 heteroatoms. The Labute approximate surface area is 122 Å². The highest BCUT2D eigenvalue weighted by atomic mass is 35.5. The maximum Gasteiger partial charge on any atom is 0.251 e. The van der Waals surface area contributed by atoms with Gasteiger partial charge in [0.1, 0.15) is 11.5 Å². The molecule has 0 saturated carbocycles. The van der Waals surface area contributed by atoms with Gasteiger partial charge in [-0.05, 0) is 18.1 Å². The molecule has 20 heavy (non-hydrogen) atoms.